The lowest BCUT2D eigenvalue weighted by molar-refractivity contribution is 0.147. The Labute approximate surface area is 102 Å². The van der Waals surface area contributed by atoms with Gasteiger partial charge in [0, 0.05) is 25.2 Å². The van der Waals surface area contributed by atoms with E-state index in [-0.39, 0.29) is 5.75 Å². The summed E-state index contributed by atoms with van der Waals surface area (Å²) in [5.41, 5.74) is 0. The predicted molar refractivity (Wildman–Crippen MR) is 65.4 cm³/mol. The van der Waals surface area contributed by atoms with Crippen LogP contribution < -0.4 is 5.32 Å². The topological polar surface area (TPSA) is 84.2 Å². The quantitative estimate of drug-likeness (QED) is 0.603. The number of hydrogen-bond acceptors (Lipinski definition) is 5. The molecular weight excluding hydrogens is 242 g/mol. The first-order chi connectivity index (χ1) is 7.97. The highest BCUT2D eigenvalue weighted by molar-refractivity contribution is 7.90. The zero-order valence-corrected chi connectivity index (χ0v) is 10.7. The molecule has 0 radical (unpaired) electrons. The van der Waals surface area contributed by atoms with E-state index in [1.54, 1.807) is 23.1 Å². The molecule has 98 valence electrons. The lowest BCUT2D eigenvalue weighted by Crippen LogP contribution is -2.31. The molecule has 0 spiro atoms. The van der Waals surface area contributed by atoms with Gasteiger partial charge in [-0.15, -0.1) is 0 Å². The van der Waals surface area contributed by atoms with E-state index in [9.17, 15) is 13.5 Å². The Kier molecular flexibility index (Phi) is 5.60. The van der Waals surface area contributed by atoms with Crippen LogP contribution in [0.4, 0.5) is 0 Å². The van der Waals surface area contributed by atoms with Crippen LogP contribution in [-0.2, 0) is 16.4 Å². The van der Waals surface area contributed by atoms with Crippen LogP contribution in [0.2, 0.25) is 0 Å². The van der Waals surface area contributed by atoms with Gasteiger partial charge in [0.05, 0.1) is 18.4 Å². The Morgan fingerprint density at radius 3 is 2.88 bits per heavy atom. The summed E-state index contributed by atoms with van der Waals surface area (Å²) < 4.78 is 23.4. The van der Waals surface area contributed by atoms with Gasteiger partial charge in [0.1, 0.15) is 9.84 Å². The van der Waals surface area contributed by atoms with Crippen molar-refractivity contribution in [3.05, 3.63) is 18.5 Å². The highest BCUT2D eigenvalue weighted by atomic mass is 32.2. The molecule has 2 N–H and O–H groups in total. The Bertz CT molecular complexity index is 402. The van der Waals surface area contributed by atoms with Crippen LogP contribution in [0.25, 0.3) is 0 Å². The van der Waals surface area contributed by atoms with Crippen LogP contribution in [0.3, 0.4) is 0 Å². The maximum atomic E-state index is 10.9. The minimum absolute atomic E-state index is 0.176. The maximum absolute atomic E-state index is 10.9. The molecular formula is C10H19N3O3S. The van der Waals surface area contributed by atoms with E-state index in [0.717, 1.165) is 0 Å². The molecule has 1 unspecified atom stereocenters. The molecule has 0 fully saturated rings. The Hall–Kier alpha value is -0.920. The number of sulfone groups is 1. The van der Waals surface area contributed by atoms with Gasteiger partial charge in [0.2, 0.25) is 0 Å². The van der Waals surface area contributed by atoms with Gasteiger partial charge >= 0.3 is 0 Å². The van der Waals surface area contributed by atoms with Crippen LogP contribution >= 0.6 is 0 Å². The standard InChI is InChI=1S/C10H19N3O3S/c1-17(15,16)7-3-4-11-8-10(14)9-13-6-2-5-12-13/h2,5-6,10-11,14H,3-4,7-9H2,1H3. The first-order valence-corrected chi connectivity index (χ1v) is 7.57. The van der Waals surface area contributed by atoms with Crippen molar-refractivity contribution in [1.29, 1.82) is 0 Å². The highest BCUT2D eigenvalue weighted by Crippen LogP contribution is 1.91. The fraction of sp³-hybridized carbons (Fsp3) is 0.700. The zero-order valence-electron chi connectivity index (χ0n) is 9.91. The number of nitrogens with zero attached hydrogens (tertiary/aromatic N) is 2. The molecule has 1 rings (SSSR count). The van der Waals surface area contributed by atoms with E-state index in [1.165, 1.54) is 6.26 Å². The second-order valence-corrected chi connectivity index (χ2v) is 6.33. The van der Waals surface area contributed by atoms with Gasteiger partial charge < -0.3 is 10.4 Å². The first kappa shape index (κ1) is 14.1. The van der Waals surface area contributed by atoms with Gasteiger partial charge in [-0.3, -0.25) is 4.68 Å². The van der Waals surface area contributed by atoms with Gasteiger partial charge in [-0.05, 0) is 19.0 Å². The molecule has 6 nitrogen and oxygen atoms in total. The number of aliphatic hydroxyl groups is 1. The number of rotatable bonds is 8. The Balaban J connectivity index is 2.06. The van der Waals surface area contributed by atoms with Gasteiger partial charge in [-0.25, -0.2) is 8.42 Å². The summed E-state index contributed by atoms with van der Waals surface area (Å²) in [6.07, 6.45) is 4.71. The molecule has 0 aliphatic heterocycles. The average Bonchev–Trinajstić information content (AvgIpc) is 2.68. The summed E-state index contributed by atoms with van der Waals surface area (Å²) in [6.45, 7) is 1.46. The fourth-order valence-corrected chi connectivity index (χ4v) is 2.09. The van der Waals surface area contributed by atoms with Crippen LogP contribution in [-0.4, -0.2) is 54.5 Å². The number of aromatic nitrogens is 2. The first-order valence-electron chi connectivity index (χ1n) is 5.51. The molecule has 0 aliphatic carbocycles. The van der Waals surface area contributed by atoms with Crippen LogP contribution in [0.5, 0.6) is 0 Å². The third-order valence-electron chi connectivity index (χ3n) is 2.21. The molecule has 0 bridgehead atoms. The largest absolute Gasteiger partial charge is 0.390 e. The van der Waals surface area contributed by atoms with Crippen molar-refractivity contribution in [3.63, 3.8) is 0 Å². The molecule has 17 heavy (non-hydrogen) atoms. The van der Waals surface area contributed by atoms with Gasteiger partial charge in [0.15, 0.2) is 0 Å². The molecule has 0 saturated carbocycles. The van der Waals surface area contributed by atoms with Gasteiger partial charge in [-0.2, -0.15) is 5.10 Å². The molecule has 1 aromatic heterocycles. The van der Waals surface area contributed by atoms with E-state index in [4.69, 9.17) is 0 Å². The van der Waals surface area contributed by atoms with Crippen molar-refractivity contribution in [2.75, 3.05) is 25.1 Å². The van der Waals surface area contributed by atoms with E-state index in [2.05, 4.69) is 10.4 Å². The Morgan fingerprint density at radius 2 is 2.29 bits per heavy atom. The molecule has 1 atom stereocenters. The van der Waals surface area contributed by atoms with E-state index < -0.39 is 15.9 Å². The van der Waals surface area contributed by atoms with Gasteiger partial charge in [-0.1, -0.05) is 0 Å². The van der Waals surface area contributed by atoms with Crippen molar-refractivity contribution in [2.45, 2.75) is 19.1 Å². The van der Waals surface area contributed by atoms with E-state index in [1.807, 2.05) is 0 Å². The minimum Gasteiger partial charge on any atom is -0.390 e. The van der Waals surface area contributed by atoms with Gasteiger partial charge in [0.25, 0.3) is 0 Å². The van der Waals surface area contributed by atoms with Crippen molar-refractivity contribution in [1.82, 2.24) is 15.1 Å². The maximum Gasteiger partial charge on any atom is 0.147 e. The molecule has 0 aliphatic rings. The second-order valence-electron chi connectivity index (χ2n) is 4.07. The number of hydrogen-bond donors (Lipinski definition) is 2. The minimum atomic E-state index is -2.88. The number of aliphatic hydroxyl groups excluding tert-OH is 1. The van der Waals surface area contributed by atoms with E-state index >= 15 is 0 Å². The summed E-state index contributed by atoms with van der Waals surface area (Å²) in [6, 6.07) is 1.80. The average molecular weight is 261 g/mol. The molecule has 1 aromatic rings. The van der Waals surface area contributed by atoms with Crippen molar-refractivity contribution in [2.24, 2.45) is 0 Å². The van der Waals surface area contributed by atoms with Crippen molar-refractivity contribution >= 4 is 9.84 Å². The molecule has 0 amide bonds. The van der Waals surface area contributed by atoms with Crippen LogP contribution in [0, 0.1) is 0 Å². The second kappa shape index (κ2) is 6.73. The highest BCUT2D eigenvalue weighted by Gasteiger charge is 2.05. The molecule has 0 aromatic carbocycles. The smallest absolute Gasteiger partial charge is 0.147 e. The number of nitrogens with one attached hydrogen (secondary N) is 1. The Morgan fingerprint density at radius 1 is 1.53 bits per heavy atom. The third-order valence-corrected chi connectivity index (χ3v) is 3.24. The van der Waals surface area contributed by atoms with E-state index in [0.29, 0.717) is 26.1 Å². The third kappa shape index (κ3) is 7.09. The fourth-order valence-electron chi connectivity index (χ4n) is 1.42. The summed E-state index contributed by atoms with van der Waals surface area (Å²) in [5.74, 6) is 0.176. The van der Waals surface area contributed by atoms with Crippen LogP contribution in [0.15, 0.2) is 18.5 Å². The van der Waals surface area contributed by atoms with Crippen LogP contribution in [0.1, 0.15) is 6.42 Å². The SMILES string of the molecule is CS(=O)(=O)CCCNCC(O)Cn1cccn1. The predicted octanol–water partition coefficient (Wildman–Crippen LogP) is -0.732. The summed E-state index contributed by atoms with van der Waals surface area (Å²) in [7, 11) is -2.88. The summed E-state index contributed by atoms with van der Waals surface area (Å²) in [5, 5.41) is 16.6. The van der Waals surface area contributed by atoms with Crippen molar-refractivity contribution < 1.29 is 13.5 Å². The summed E-state index contributed by atoms with van der Waals surface area (Å²) >= 11 is 0. The molecule has 7 heteroatoms. The zero-order chi connectivity index (χ0) is 12.7. The van der Waals surface area contributed by atoms with Crippen molar-refractivity contribution in [3.8, 4) is 0 Å². The molecule has 0 saturated heterocycles. The lowest BCUT2D eigenvalue weighted by atomic mass is 10.3. The lowest BCUT2D eigenvalue weighted by Gasteiger charge is -2.11. The molecule has 1 heterocycles. The monoisotopic (exact) mass is 261 g/mol. The summed E-state index contributed by atoms with van der Waals surface area (Å²) in [4.78, 5) is 0. The normalized spacial score (nSPS) is 13.8.